The average molecular weight is 335 g/mol. The quantitative estimate of drug-likeness (QED) is 0.565. The molecule has 1 aromatic rings. The van der Waals surface area contributed by atoms with E-state index >= 15 is 0 Å². The number of rotatable bonds is 7. The Morgan fingerprint density at radius 1 is 1.19 bits per heavy atom. The number of ether oxygens (including phenoxy) is 1. The van der Waals surface area contributed by atoms with Gasteiger partial charge in [-0.15, -0.1) is 11.6 Å². The fraction of sp³-hybridized carbons (Fsp3) is 0.600. The first-order chi connectivity index (χ1) is 9.64. The van der Waals surface area contributed by atoms with Crippen molar-refractivity contribution in [3.8, 4) is 0 Å². The normalized spacial score (nSPS) is 14.1. The zero-order valence-electron chi connectivity index (χ0n) is 12.9. The van der Waals surface area contributed by atoms with Crippen molar-refractivity contribution in [2.45, 2.75) is 50.7 Å². The molecule has 0 spiro atoms. The van der Waals surface area contributed by atoms with E-state index in [1.807, 2.05) is 27.7 Å². The highest BCUT2D eigenvalue weighted by Gasteiger charge is 2.20. The first kappa shape index (κ1) is 18.4. The second-order valence-electron chi connectivity index (χ2n) is 5.88. The van der Waals surface area contributed by atoms with Crippen molar-refractivity contribution in [3.05, 3.63) is 29.8 Å². The third-order valence-corrected chi connectivity index (χ3v) is 4.35. The second kappa shape index (κ2) is 7.58. The molecule has 6 heteroatoms. The van der Waals surface area contributed by atoms with Crippen LogP contribution in [-0.2, 0) is 19.0 Å². The molecule has 0 radical (unpaired) electrons. The van der Waals surface area contributed by atoms with Crippen LogP contribution in [0.5, 0.6) is 0 Å². The molecule has 0 aliphatic heterocycles. The summed E-state index contributed by atoms with van der Waals surface area (Å²) in [4.78, 5) is 0.160. The van der Waals surface area contributed by atoms with Gasteiger partial charge in [-0.1, -0.05) is 17.7 Å². The average Bonchev–Trinajstić information content (AvgIpc) is 2.36. The van der Waals surface area contributed by atoms with E-state index < -0.39 is 10.1 Å². The van der Waals surface area contributed by atoms with Gasteiger partial charge >= 0.3 is 0 Å². The van der Waals surface area contributed by atoms with Crippen LogP contribution < -0.4 is 0 Å². The molecule has 1 aromatic carbocycles. The van der Waals surface area contributed by atoms with Crippen LogP contribution in [0, 0.1) is 6.92 Å². The largest absolute Gasteiger partial charge is 0.371 e. The van der Waals surface area contributed by atoms with Crippen LogP contribution in [-0.4, -0.2) is 32.6 Å². The molecule has 0 fully saturated rings. The van der Waals surface area contributed by atoms with Crippen molar-refractivity contribution in [2.75, 3.05) is 12.5 Å². The van der Waals surface area contributed by atoms with Crippen molar-refractivity contribution in [1.82, 2.24) is 0 Å². The van der Waals surface area contributed by atoms with Crippen LogP contribution in [0.1, 0.15) is 32.8 Å². The summed E-state index contributed by atoms with van der Waals surface area (Å²) < 4.78 is 34.8. The maximum absolute atomic E-state index is 12.0. The van der Waals surface area contributed by atoms with E-state index in [0.717, 1.165) is 5.56 Å². The summed E-state index contributed by atoms with van der Waals surface area (Å²) in [5.41, 5.74) is 0.671. The van der Waals surface area contributed by atoms with Crippen LogP contribution >= 0.6 is 11.6 Å². The van der Waals surface area contributed by atoms with Crippen LogP contribution in [0.15, 0.2) is 29.2 Å². The lowest BCUT2D eigenvalue weighted by Crippen LogP contribution is -2.29. The van der Waals surface area contributed by atoms with Crippen LogP contribution in [0.4, 0.5) is 0 Å². The summed E-state index contributed by atoms with van der Waals surface area (Å²) in [5, 5.41) is 0. The molecule has 120 valence electrons. The summed E-state index contributed by atoms with van der Waals surface area (Å²) in [6.07, 6.45) is 0.186. The van der Waals surface area contributed by atoms with Gasteiger partial charge in [0, 0.05) is 5.88 Å². The second-order valence-corrected chi connectivity index (χ2v) is 7.81. The Hall–Kier alpha value is -0.620. The van der Waals surface area contributed by atoms with Crippen molar-refractivity contribution in [2.24, 2.45) is 0 Å². The number of halogens is 1. The first-order valence-corrected chi connectivity index (χ1v) is 8.78. The predicted molar refractivity (Wildman–Crippen MR) is 84.3 cm³/mol. The van der Waals surface area contributed by atoms with Crippen molar-refractivity contribution in [3.63, 3.8) is 0 Å². The Labute approximate surface area is 132 Å². The molecule has 0 amide bonds. The zero-order chi connectivity index (χ0) is 16.1. The molecular weight excluding hydrogens is 312 g/mol. The summed E-state index contributed by atoms with van der Waals surface area (Å²) in [7, 11) is -3.72. The lowest BCUT2D eigenvalue weighted by atomic mass is 10.1. The van der Waals surface area contributed by atoms with Gasteiger partial charge in [-0.25, -0.2) is 0 Å². The number of hydrogen-bond donors (Lipinski definition) is 0. The summed E-state index contributed by atoms with van der Waals surface area (Å²) in [6, 6.07) is 6.55. The van der Waals surface area contributed by atoms with E-state index in [0.29, 0.717) is 12.3 Å². The monoisotopic (exact) mass is 334 g/mol. The molecular formula is C15H23ClO4S. The van der Waals surface area contributed by atoms with E-state index in [1.165, 1.54) is 12.1 Å². The third kappa shape index (κ3) is 6.78. The van der Waals surface area contributed by atoms with Gasteiger partial charge in [0.25, 0.3) is 10.1 Å². The molecule has 0 saturated heterocycles. The number of benzene rings is 1. The van der Waals surface area contributed by atoms with E-state index in [4.69, 9.17) is 20.5 Å². The Balaban J connectivity index is 2.55. The van der Waals surface area contributed by atoms with Gasteiger partial charge in [-0.2, -0.15) is 8.42 Å². The SMILES string of the molecule is Cc1ccc(S(=O)(=O)OCC[C@@H](CCl)OC(C)(C)C)cc1. The molecule has 1 rings (SSSR count). The fourth-order valence-electron chi connectivity index (χ4n) is 1.73. The smallest absolute Gasteiger partial charge is 0.296 e. The van der Waals surface area contributed by atoms with E-state index in [-0.39, 0.29) is 23.2 Å². The van der Waals surface area contributed by atoms with Gasteiger partial charge in [0.1, 0.15) is 0 Å². The van der Waals surface area contributed by atoms with Gasteiger partial charge in [-0.05, 0) is 46.2 Å². The molecule has 0 bridgehead atoms. The molecule has 0 N–H and O–H groups in total. The van der Waals surface area contributed by atoms with Gasteiger partial charge in [0.05, 0.1) is 23.2 Å². The molecule has 0 aliphatic carbocycles. The van der Waals surface area contributed by atoms with E-state index in [2.05, 4.69) is 0 Å². The molecule has 0 aliphatic rings. The third-order valence-electron chi connectivity index (χ3n) is 2.68. The molecule has 0 heterocycles. The number of hydrogen-bond acceptors (Lipinski definition) is 4. The van der Waals surface area contributed by atoms with Crippen LogP contribution in [0.25, 0.3) is 0 Å². The Kier molecular flexibility index (Phi) is 6.66. The van der Waals surface area contributed by atoms with Crippen LogP contribution in [0.3, 0.4) is 0 Å². The molecule has 0 unspecified atom stereocenters. The van der Waals surface area contributed by atoms with Gasteiger partial charge in [0.2, 0.25) is 0 Å². The standard InChI is InChI=1S/C15H23ClO4S/c1-12-5-7-14(8-6-12)21(17,18)19-10-9-13(11-16)20-15(2,3)4/h5-8,13H,9-11H2,1-4H3/t13-/m0/s1. The maximum atomic E-state index is 12.0. The van der Waals surface area contributed by atoms with E-state index in [9.17, 15) is 8.42 Å². The molecule has 0 saturated carbocycles. The van der Waals surface area contributed by atoms with Crippen molar-refractivity contribution in [1.29, 1.82) is 0 Å². The topological polar surface area (TPSA) is 52.6 Å². The van der Waals surface area contributed by atoms with Crippen molar-refractivity contribution >= 4 is 21.7 Å². The Morgan fingerprint density at radius 2 is 1.76 bits per heavy atom. The maximum Gasteiger partial charge on any atom is 0.296 e. The minimum Gasteiger partial charge on any atom is -0.371 e. The molecule has 0 aromatic heterocycles. The minimum atomic E-state index is -3.72. The fourth-order valence-corrected chi connectivity index (χ4v) is 2.87. The van der Waals surface area contributed by atoms with Crippen LogP contribution in [0.2, 0.25) is 0 Å². The molecule has 4 nitrogen and oxygen atoms in total. The lowest BCUT2D eigenvalue weighted by Gasteiger charge is -2.26. The molecule has 21 heavy (non-hydrogen) atoms. The summed E-state index contributed by atoms with van der Waals surface area (Å²) in [5.74, 6) is 0.297. The summed E-state index contributed by atoms with van der Waals surface area (Å²) in [6.45, 7) is 7.72. The highest BCUT2D eigenvalue weighted by Crippen LogP contribution is 2.17. The highest BCUT2D eigenvalue weighted by molar-refractivity contribution is 7.86. The zero-order valence-corrected chi connectivity index (χ0v) is 14.5. The van der Waals surface area contributed by atoms with Gasteiger partial charge in [0.15, 0.2) is 0 Å². The van der Waals surface area contributed by atoms with Gasteiger partial charge in [-0.3, -0.25) is 4.18 Å². The van der Waals surface area contributed by atoms with E-state index in [1.54, 1.807) is 12.1 Å². The number of aryl methyl sites for hydroxylation is 1. The molecule has 1 atom stereocenters. The van der Waals surface area contributed by atoms with Gasteiger partial charge < -0.3 is 4.74 Å². The highest BCUT2D eigenvalue weighted by atomic mass is 35.5. The first-order valence-electron chi connectivity index (χ1n) is 6.84. The minimum absolute atomic E-state index is 0.0453. The van der Waals surface area contributed by atoms with Crippen molar-refractivity contribution < 1.29 is 17.3 Å². The Morgan fingerprint density at radius 3 is 2.24 bits per heavy atom. The lowest BCUT2D eigenvalue weighted by molar-refractivity contribution is -0.0559. The summed E-state index contributed by atoms with van der Waals surface area (Å²) >= 11 is 5.83. The predicted octanol–water partition coefficient (Wildman–Crippen LogP) is 3.51. The Bertz CT molecular complexity index is 532. The number of alkyl halides is 1.